The zero-order valence-electron chi connectivity index (χ0n) is 12.9. The number of fused-ring (bicyclic) bond motifs is 1. The maximum atomic E-state index is 3.66. The Morgan fingerprint density at radius 2 is 1.95 bits per heavy atom. The molecule has 0 atom stereocenters. The van der Waals surface area contributed by atoms with E-state index in [1.165, 1.54) is 15.6 Å². The second-order valence-electron chi connectivity index (χ2n) is 7.16. The molecule has 0 radical (unpaired) electrons. The average Bonchev–Trinajstić information content (AvgIpc) is 2.78. The fourth-order valence-corrected chi connectivity index (χ4v) is 3.90. The van der Waals surface area contributed by atoms with Crippen LogP contribution in [0.1, 0.15) is 33.3 Å². The number of nitrogens with one attached hydrogen (secondary N) is 1. The van der Waals surface area contributed by atoms with E-state index < -0.39 is 0 Å². The van der Waals surface area contributed by atoms with Gasteiger partial charge in [-0.1, -0.05) is 18.2 Å². The lowest BCUT2D eigenvalue weighted by molar-refractivity contribution is 0.0328. The molecule has 0 aliphatic carbocycles. The minimum atomic E-state index is 0.196. The first-order valence-electron chi connectivity index (χ1n) is 7.33. The predicted octanol–water partition coefficient (Wildman–Crippen LogP) is 3.86. The molecule has 2 heterocycles. The molecule has 0 amide bonds. The summed E-state index contributed by atoms with van der Waals surface area (Å²) in [4.78, 5) is 2.62. The van der Waals surface area contributed by atoms with Crippen molar-refractivity contribution in [3.8, 4) is 0 Å². The van der Waals surface area contributed by atoms with Crippen LogP contribution in [-0.2, 0) is 6.54 Å². The van der Waals surface area contributed by atoms with Crippen LogP contribution in [0.25, 0.3) is 10.1 Å². The Balaban J connectivity index is 1.89. The van der Waals surface area contributed by atoms with Crippen LogP contribution in [0.15, 0.2) is 29.6 Å². The van der Waals surface area contributed by atoms with Crippen molar-refractivity contribution in [2.75, 3.05) is 13.1 Å². The van der Waals surface area contributed by atoms with Crippen molar-refractivity contribution in [3.63, 3.8) is 0 Å². The molecule has 20 heavy (non-hydrogen) atoms. The van der Waals surface area contributed by atoms with E-state index in [1.54, 1.807) is 0 Å². The van der Waals surface area contributed by atoms with Gasteiger partial charge in [0.15, 0.2) is 0 Å². The molecule has 1 aromatic carbocycles. The monoisotopic (exact) mass is 288 g/mol. The lowest BCUT2D eigenvalue weighted by Gasteiger charge is -2.49. The van der Waals surface area contributed by atoms with Gasteiger partial charge >= 0.3 is 0 Å². The molecule has 0 spiro atoms. The fourth-order valence-electron chi connectivity index (χ4n) is 2.95. The highest BCUT2D eigenvalue weighted by Gasteiger charge is 2.37. The van der Waals surface area contributed by atoms with E-state index in [0.29, 0.717) is 0 Å². The van der Waals surface area contributed by atoms with Gasteiger partial charge in [-0.25, -0.2) is 0 Å². The maximum Gasteiger partial charge on any atom is 0.0346 e. The summed E-state index contributed by atoms with van der Waals surface area (Å²) in [5, 5.41) is 7.41. The van der Waals surface area contributed by atoms with Gasteiger partial charge in [0.25, 0.3) is 0 Å². The summed E-state index contributed by atoms with van der Waals surface area (Å²) < 4.78 is 1.40. The number of hydrogen-bond acceptors (Lipinski definition) is 3. The molecule has 2 nitrogen and oxygen atoms in total. The molecule has 0 saturated carbocycles. The minimum absolute atomic E-state index is 0.196. The van der Waals surface area contributed by atoms with E-state index in [4.69, 9.17) is 0 Å². The van der Waals surface area contributed by atoms with Crippen LogP contribution in [0.5, 0.6) is 0 Å². The third-order valence-electron chi connectivity index (χ3n) is 4.36. The van der Waals surface area contributed by atoms with E-state index in [0.717, 1.165) is 19.6 Å². The van der Waals surface area contributed by atoms with Gasteiger partial charge in [-0.05, 0) is 50.1 Å². The highest BCUT2D eigenvalue weighted by Crippen LogP contribution is 2.30. The van der Waals surface area contributed by atoms with Crippen LogP contribution in [0, 0.1) is 0 Å². The van der Waals surface area contributed by atoms with Gasteiger partial charge in [0, 0.05) is 35.4 Å². The van der Waals surface area contributed by atoms with Crippen molar-refractivity contribution in [1.29, 1.82) is 0 Å². The molecule has 1 aliphatic rings. The number of benzene rings is 1. The SMILES string of the molecule is CC1(C)CN(Cc2csc3ccccc23)C(C)(C)CN1. The van der Waals surface area contributed by atoms with Crippen LogP contribution in [0.2, 0.25) is 0 Å². The summed E-state index contributed by atoms with van der Waals surface area (Å²) in [6.07, 6.45) is 0. The summed E-state index contributed by atoms with van der Waals surface area (Å²) in [5.74, 6) is 0. The molecule has 1 N–H and O–H groups in total. The van der Waals surface area contributed by atoms with Gasteiger partial charge in [0.05, 0.1) is 0 Å². The molecule has 108 valence electrons. The standard InChI is InChI=1S/C17H24N2S/c1-16(2)12-19(17(3,4)11-18-16)9-13-10-20-15-8-6-5-7-14(13)15/h5-8,10,18H,9,11-12H2,1-4H3. The van der Waals surface area contributed by atoms with Gasteiger partial charge < -0.3 is 5.32 Å². The Kier molecular flexibility index (Phi) is 3.39. The Morgan fingerprint density at radius 3 is 2.75 bits per heavy atom. The molecule has 1 aromatic heterocycles. The second kappa shape index (κ2) is 4.83. The summed E-state index contributed by atoms with van der Waals surface area (Å²) in [5.41, 5.74) is 1.87. The smallest absolute Gasteiger partial charge is 0.0346 e. The second-order valence-corrected chi connectivity index (χ2v) is 8.07. The Bertz CT molecular complexity index is 612. The third kappa shape index (κ3) is 2.62. The lowest BCUT2D eigenvalue weighted by atomic mass is 9.91. The highest BCUT2D eigenvalue weighted by atomic mass is 32.1. The van der Waals surface area contributed by atoms with E-state index in [2.05, 4.69) is 67.6 Å². The predicted molar refractivity (Wildman–Crippen MR) is 88.4 cm³/mol. The molecular weight excluding hydrogens is 264 g/mol. The normalized spacial score (nSPS) is 22.2. The quantitative estimate of drug-likeness (QED) is 0.902. The van der Waals surface area contributed by atoms with Gasteiger partial charge in [-0.3, -0.25) is 4.90 Å². The Hall–Kier alpha value is -0.900. The first-order valence-corrected chi connectivity index (χ1v) is 8.21. The largest absolute Gasteiger partial charge is 0.309 e. The summed E-state index contributed by atoms with van der Waals surface area (Å²) >= 11 is 1.86. The molecule has 1 saturated heterocycles. The van der Waals surface area contributed by atoms with E-state index >= 15 is 0 Å². The van der Waals surface area contributed by atoms with Crippen LogP contribution >= 0.6 is 11.3 Å². The first kappa shape index (κ1) is 14.1. The van der Waals surface area contributed by atoms with Gasteiger partial charge in [0.1, 0.15) is 0 Å². The highest BCUT2D eigenvalue weighted by molar-refractivity contribution is 7.17. The number of hydrogen-bond donors (Lipinski definition) is 1. The van der Waals surface area contributed by atoms with Crippen LogP contribution in [-0.4, -0.2) is 29.1 Å². The van der Waals surface area contributed by atoms with Crippen molar-refractivity contribution in [3.05, 3.63) is 35.2 Å². The molecule has 1 aliphatic heterocycles. The van der Waals surface area contributed by atoms with Crippen LogP contribution in [0.4, 0.5) is 0 Å². The molecule has 0 bridgehead atoms. The molecule has 2 aromatic rings. The first-order chi connectivity index (χ1) is 9.37. The molecule has 0 unspecified atom stereocenters. The molecule has 1 fully saturated rings. The average molecular weight is 288 g/mol. The zero-order chi connectivity index (χ0) is 14.4. The van der Waals surface area contributed by atoms with E-state index in [1.807, 2.05) is 11.3 Å². The fraction of sp³-hybridized carbons (Fsp3) is 0.529. The van der Waals surface area contributed by atoms with Crippen LogP contribution < -0.4 is 5.32 Å². The number of rotatable bonds is 2. The molecular formula is C17H24N2S. The van der Waals surface area contributed by atoms with Gasteiger partial charge in [-0.15, -0.1) is 11.3 Å². The Labute approximate surface area is 125 Å². The third-order valence-corrected chi connectivity index (χ3v) is 5.38. The number of thiophene rings is 1. The number of piperazine rings is 1. The topological polar surface area (TPSA) is 15.3 Å². The zero-order valence-corrected chi connectivity index (χ0v) is 13.7. The summed E-state index contributed by atoms with van der Waals surface area (Å²) in [7, 11) is 0. The van der Waals surface area contributed by atoms with Gasteiger partial charge in [0.2, 0.25) is 0 Å². The van der Waals surface area contributed by atoms with E-state index in [9.17, 15) is 0 Å². The van der Waals surface area contributed by atoms with Gasteiger partial charge in [-0.2, -0.15) is 0 Å². The van der Waals surface area contributed by atoms with E-state index in [-0.39, 0.29) is 11.1 Å². The van der Waals surface area contributed by atoms with Crippen molar-refractivity contribution in [2.45, 2.75) is 45.3 Å². The van der Waals surface area contributed by atoms with Crippen molar-refractivity contribution in [1.82, 2.24) is 10.2 Å². The molecule has 3 rings (SSSR count). The number of nitrogens with zero attached hydrogens (tertiary/aromatic N) is 1. The van der Waals surface area contributed by atoms with Crippen molar-refractivity contribution < 1.29 is 0 Å². The summed E-state index contributed by atoms with van der Waals surface area (Å²) in [6.45, 7) is 12.4. The Morgan fingerprint density at radius 1 is 1.20 bits per heavy atom. The van der Waals surface area contributed by atoms with Crippen molar-refractivity contribution >= 4 is 21.4 Å². The van der Waals surface area contributed by atoms with Crippen LogP contribution in [0.3, 0.4) is 0 Å². The maximum absolute atomic E-state index is 3.66. The van der Waals surface area contributed by atoms with Crippen molar-refractivity contribution in [2.24, 2.45) is 0 Å². The molecule has 3 heteroatoms. The lowest BCUT2D eigenvalue weighted by Crippen LogP contribution is -2.65. The minimum Gasteiger partial charge on any atom is -0.309 e. The summed E-state index contributed by atoms with van der Waals surface area (Å²) in [6, 6.07) is 8.74.